The monoisotopic (exact) mass is 1050 g/mol. The predicted molar refractivity (Wildman–Crippen MR) is 280 cm³/mol. The Balaban J connectivity index is 0.000000201. The van der Waals surface area contributed by atoms with Crippen LogP contribution < -0.4 is 42.4 Å². The number of rotatable bonds is 14. The molecule has 0 aliphatic carbocycles. The molecule has 0 amide bonds. The minimum absolute atomic E-state index is 0. The summed E-state index contributed by atoms with van der Waals surface area (Å²) in [5.74, 6) is 0. The van der Waals surface area contributed by atoms with Gasteiger partial charge in [-0.25, -0.2) is 0 Å². The molecule has 0 radical (unpaired) electrons. The number of hydrogen-bond donors (Lipinski definition) is 0. The molecule has 0 spiro atoms. The Morgan fingerprint density at radius 1 is 0.213 bits per heavy atom. The van der Waals surface area contributed by atoms with Crippen LogP contribution >= 0.6 is 31.7 Å². The van der Waals surface area contributed by atoms with Crippen molar-refractivity contribution in [3.63, 3.8) is 0 Å². The molecule has 8 rings (SSSR count). The second-order valence-electron chi connectivity index (χ2n) is 15.8. The van der Waals surface area contributed by atoms with Crippen LogP contribution in [0.25, 0.3) is 0 Å². The molecular weight excluding hydrogens is 992 g/mol. The summed E-state index contributed by atoms with van der Waals surface area (Å²) in [4.78, 5) is 0. The second kappa shape index (κ2) is 24.1. The van der Waals surface area contributed by atoms with Gasteiger partial charge in [-0.3, -0.25) is 0 Å². The number of aryl methyl sites for hydroxylation is 4. The van der Waals surface area contributed by atoms with Crippen molar-refractivity contribution < 1.29 is 21.1 Å². The van der Waals surface area contributed by atoms with E-state index in [1.807, 2.05) is 0 Å². The van der Waals surface area contributed by atoms with Gasteiger partial charge in [0.25, 0.3) is 0 Å². The van der Waals surface area contributed by atoms with Crippen molar-refractivity contribution in [3.05, 3.63) is 241 Å². The largest absolute Gasteiger partial charge is 0.101 e. The van der Waals surface area contributed by atoms with E-state index in [-0.39, 0.29) is 21.1 Å². The van der Waals surface area contributed by atoms with Crippen LogP contribution in [0.4, 0.5) is 0 Å². The van der Waals surface area contributed by atoms with Crippen molar-refractivity contribution in [2.75, 3.05) is 24.6 Å². The first kappa shape index (κ1) is 46.7. The van der Waals surface area contributed by atoms with Crippen molar-refractivity contribution in [1.82, 2.24) is 0 Å². The third-order valence-corrected chi connectivity index (χ3v) is 23.6. The Hall–Kier alpha value is -3.83. The third-order valence-electron chi connectivity index (χ3n) is 11.3. The van der Waals surface area contributed by atoms with E-state index in [0.717, 1.165) is 0 Å². The Morgan fingerprint density at radius 2 is 0.361 bits per heavy atom. The van der Waals surface area contributed by atoms with Crippen LogP contribution in [0.5, 0.6) is 0 Å². The predicted octanol–water partition coefficient (Wildman–Crippen LogP) is 10.7. The molecule has 0 fully saturated rings. The van der Waals surface area contributed by atoms with Crippen LogP contribution in [0.1, 0.15) is 22.3 Å². The molecule has 0 atom stereocenters. The molecule has 0 saturated carbocycles. The summed E-state index contributed by atoms with van der Waals surface area (Å²) in [6.45, 7) is 8.70. The summed E-state index contributed by atoms with van der Waals surface area (Å²) < 4.78 is 0. The fourth-order valence-electron chi connectivity index (χ4n) is 7.90. The molecule has 0 bridgehead atoms. The molecule has 0 unspecified atom stereocenters. The zero-order chi connectivity index (χ0) is 41.5. The summed E-state index contributed by atoms with van der Waals surface area (Å²) in [6, 6.07) is 81.7. The molecule has 0 nitrogen and oxygen atoms in total. The van der Waals surface area contributed by atoms with Crippen molar-refractivity contribution in [2.24, 2.45) is 0 Å². The average Bonchev–Trinajstić information content (AvgIpc) is 3.30. The van der Waals surface area contributed by atoms with Gasteiger partial charge in [0.15, 0.2) is 0 Å². The van der Waals surface area contributed by atoms with E-state index < -0.39 is 31.7 Å². The first-order valence-corrected chi connectivity index (χ1v) is 28.2. The van der Waals surface area contributed by atoms with Gasteiger partial charge in [-0.15, -0.1) is 0 Å². The molecule has 0 N–H and O–H groups in total. The normalized spacial score (nSPS) is 11.0. The van der Waals surface area contributed by atoms with E-state index >= 15 is 0 Å². The van der Waals surface area contributed by atoms with Crippen molar-refractivity contribution in [2.45, 2.75) is 27.7 Å². The molecule has 0 saturated heterocycles. The zero-order valence-corrected chi connectivity index (χ0v) is 42.2. The van der Waals surface area contributed by atoms with Crippen LogP contribution in [0.15, 0.2) is 218 Å². The van der Waals surface area contributed by atoms with Gasteiger partial charge in [-0.2, -0.15) is 0 Å². The molecule has 5 heteroatoms. The molecule has 0 heterocycles. The maximum Gasteiger partial charge on any atom is 0.101 e. The Bertz CT molecular complexity index is 2090. The van der Waals surface area contributed by atoms with Crippen molar-refractivity contribution >= 4 is 74.1 Å². The van der Waals surface area contributed by atoms with Gasteiger partial charge < -0.3 is 0 Å². The minimum atomic E-state index is -0.816. The summed E-state index contributed by atoms with van der Waals surface area (Å²) in [5, 5.41) is 12.2. The van der Waals surface area contributed by atoms with E-state index in [2.05, 4.69) is 246 Å². The van der Waals surface area contributed by atoms with Crippen molar-refractivity contribution in [3.8, 4) is 0 Å². The minimum Gasteiger partial charge on any atom is -0.0620 e. The van der Waals surface area contributed by atoms with Gasteiger partial charge in [0.1, 0.15) is 24.6 Å². The molecule has 8 aromatic carbocycles. The summed E-state index contributed by atoms with van der Waals surface area (Å²) >= 11 is 0. The Labute approximate surface area is 385 Å². The van der Waals surface area contributed by atoms with Crippen LogP contribution in [0.2, 0.25) is 0 Å². The van der Waals surface area contributed by atoms with Gasteiger partial charge in [-0.1, -0.05) is 144 Å². The van der Waals surface area contributed by atoms with Crippen LogP contribution in [-0.4, -0.2) is 24.6 Å². The fourth-order valence-corrected chi connectivity index (χ4v) is 20.2. The Kier molecular flexibility index (Phi) is 18.5. The van der Waals surface area contributed by atoms with E-state index in [0.29, 0.717) is 0 Å². The summed E-state index contributed by atoms with van der Waals surface area (Å²) in [7, 11) is -3.23. The molecule has 310 valence electrons. The van der Waals surface area contributed by atoms with Crippen LogP contribution in [-0.2, 0) is 21.1 Å². The maximum absolute atomic E-state index is 2.36. The quantitative estimate of drug-likeness (QED) is 0.0953. The van der Waals surface area contributed by atoms with Gasteiger partial charge in [0.05, 0.1) is 74.1 Å². The number of benzene rings is 8. The van der Waals surface area contributed by atoms with Crippen molar-refractivity contribution in [1.29, 1.82) is 0 Å². The molecule has 0 aliphatic heterocycles. The second-order valence-corrected chi connectivity index (χ2v) is 26.3. The standard InChI is InChI=1S/2C28H28P2.Pt/c2*1-23-13-17-27(18-14-23)30(28-19-15-24(2)16-20-28)22-21-29(25-9-5-3-6-10-25)26-11-7-4-8-12-26;/h2*3-20H,21-22H2,1-2H3;/p+4. The smallest absolute Gasteiger partial charge is 0.0620 e. The van der Waals surface area contributed by atoms with E-state index in [1.165, 1.54) is 89.3 Å². The number of hydrogen-bond acceptors (Lipinski definition) is 0. The third kappa shape index (κ3) is 13.6. The molecule has 61 heavy (non-hydrogen) atoms. The molecule has 8 aromatic rings. The summed E-state index contributed by atoms with van der Waals surface area (Å²) in [5.41, 5.74) is 5.34. The van der Waals surface area contributed by atoms with Gasteiger partial charge in [-0.05, 0) is 125 Å². The fraction of sp³-hybridized carbons (Fsp3) is 0.143. The van der Waals surface area contributed by atoms with E-state index in [1.54, 1.807) is 0 Å². The zero-order valence-electron chi connectivity index (χ0n) is 35.9. The molecule has 0 aromatic heterocycles. The molecular formula is C56H60P4Pt+4. The van der Waals surface area contributed by atoms with Crippen LogP contribution in [0.3, 0.4) is 0 Å². The summed E-state index contributed by atoms with van der Waals surface area (Å²) in [6.07, 6.45) is 5.03. The van der Waals surface area contributed by atoms with Gasteiger partial charge in [0, 0.05) is 21.1 Å². The topological polar surface area (TPSA) is 0 Å². The average molecular weight is 1050 g/mol. The van der Waals surface area contributed by atoms with Crippen LogP contribution in [0, 0.1) is 27.7 Å². The molecule has 0 aliphatic rings. The van der Waals surface area contributed by atoms with Gasteiger partial charge >= 0.3 is 0 Å². The SMILES string of the molecule is Cc1ccc([PH+](CC[PH+](c2ccccc2)c2ccccc2)c2ccc(C)cc2)cc1.Cc1ccc([PH+](CC[PH+](c2ccccc2)c2ccccc2)c2ccc(C)cc2)cc1.[Pt]. The first-order chi connectivity index (χ1) is 29.4. The first-order valence-electron chi connectivity index (χ1n) is 21.3. The Morgan fingerprint density at radius 3 is 0.525 bits per heavy atom. The maximum atomic E-state index is 2.36. The van der Waals surface area contributed by atoms with E-state index in [4.69, 9.17) is 0 Å². The van der Waals surface area contributed by atoms with Gasteiger partial charge in [0.2, 0.25) is 0 Å². The van der Waals surface area contributed by atoms with E-state index in [9.17, 15) is 0 Å².